The number of rotatable bonds is 7. The average molecular weight is 409 g/mol. The van der Waals surface area contributed by atoms with Crippen LogP contribution in [0.2, 0.25) is 0 Å². The first-order chi connectivity index (χ1) is 14.6. The van der Waals surface area contributed by atoms with E-state index in [-0.39, 0.29) is 35.2 Å². The van der Waals surface area contributed by atoms with Gasteiger partial charge in [-0.05, 0) is 18.6 Å². The number of pyridine rings is 1. The quantitative estimate of drug-likeness (QED) is 0.548. The molecular weight excluding hydrogens is 390 g/mol. The third-order valence-electron chi connectivity index (χ3n) is 4.77. The van der Waals surface area contributed by atoms with Crippen LogP contribution in [0.15, 0.2) is 30.7 Å². The molecule has 1 aliphatic heterocycles. The molecule has 0 aromatic carbocycles. The molecule has 0 bridgehead atoms. The molecule has 0 aliphatic carbocycles. The van der Waals surface area contributed by atoms with Crippen molar-refractivity contribution in [2.75, 3.05) is 20.8 Å². The summed E-state index contributed by atoms with van der Waals surface area (Å²) in [6.07, 6.45) is 5.33. The fourth-order valence-corrected chi connectivity index (χ4v) is 3.48. The summed E-state index contributed by atoms with van der Waals surface area (Å²) in [4.78, 5) is 38.1. The summed E-state index contributed by atoms with van der Waals surface area (Å²) in [6.45, 7) is 0.534. The number of aliphatic hydroxyl groups excluding tert-OH is 1. The van der Waals surface area contributed by atoms with Crippen molar-refractivity contribution in [3.8, 4) is 11.9 Å². The molecule has 4 rings (SSSR count). The maximum absolute atomic E-state index is 12.8. The molecule has 0 saturated carbocycles. The second-order valence-electron chi connectivity index (χ2n) is 6.50. The van der Waals surface area contributed by atoms with Gasteiger partial charge in [0.05, 0.1) is 30.9 Å². The van der Waals surface area contributed by atoms with E-state index in [1.807, 2.05) is 10.6 Å². The Morgan fingerprint density at radius 2 is 1.87 bits per heavy atom. The maximum atomic E-state index is 12.8. The van der Waals surface area contributed by atoms with E-state index in [9.17, 15) is 14.7 Å². The zero-order valence-electron chi connectivity index (χ0n) is 16.4. The first kappa shape index (κ1) is 19.5. The zero-order chi connectivity index (χ0) is 21.3. The van der Waals surface area contributed by atoms with Gasteiger partial charge in [0.1, 0.15) is 5.65 Å². The van der Waals surface area contributed by atoms with E-state index in [1.165, 1.54) is 20.4 Å². The van der Waals surface area contributed by atoms with Crippen LogP contribution < -0.4 is 14.8 Å². The Morgan fingerprint density at radius 3 is 2.57 bits per heavy atom. The van der Waals surface area contributed by atoms with Gasteiger partial charge in [0.25, 0.3) is 11.8 Å². The average Bonchev–Trinajstić information content (AvgIpc) is 3.27. The number of carbonyl (C=O) groups is 2. The summed E-state index contributed by atoms with van der Waals surface area (Å²) in [5.74, 6) is -0.985. The van der Waals surface area contributed by atoms with Gasteiger partial charge in [-0.1, -0.05) is 0 Å². The van der Waals surface area contributed by atoms with E-state index in [0.29, 0.717) is 29.6 Å². The molecule has 2 amide bonds. The first-order valence-corrected chi connectivity index (χ1v) is 9.19. The molecule has 0 radical (unpaired) electrons. The molecule has 10 nitrogen and oxygen atoms in total. The normalized spacial score (nSPS) is 13.8. The molecule has 3 aromatic heterocycles. The number of hydrogen-bond acceptors (Lipinski definition) is 8. The third-order valence-corrected chi connectivity index (χ3v) is 4.77. The highest BCUT2D eigenvalue weighted by molar-refractivity contribution is 6.50. The largest absolute Gasteiger partial charge is 0.480 e. The zero-order valence-corrected chi connectivity index (χ0v) is 16.4. The number of imide groups is 1. The predicted molar refractivity (Wildman–Crippen MR) is 107 cm³/mol. The van der Waals surface area contributed by atoms with Crippen LogP contribution in [0.5, 0.6) is 11.9 Å². The molecule has 2 N–H and O–H groups in total. The highest BCUT2D eigenvalue weighted by Gasteiger charge is 2.36. The lowest BCUT2D eigenvalue weighted by atomic mass is 9.97. The molecule has 3 aromatic rings. The van der Waals surface area contributed by atoms with Crippen molar-refractivity contribution in [3.05, 3.63) is 41.9 Å². The van der Waals surface area contributed by atoms with E-state index in [1.54, 1.807) is 18.5 Å². The molecule has 0 unspecified atom stereocenters. The van der Waals surface area contributed by atoms with Gasteiger partial charge in [-0.15, -0.1) is 0 Å². The lowest BCUT2D eigenvalue weighted by Crippen LogP contribution is -2.23. The van der Waals surface area contributed by atoms with Crippen molar-refractivity contribution in [3.63, 3.8) is 0 Å². The van der Waals surface area contributed by atoms with Crippen molar-refractivity contribution in [2.45, 2.75) is 13.0 Å². The number of fused-ring (bicyclic) bond motifs is 1. The summed E-state index contributed by atoms with van der Waals surface area (Å²) < 4.78 is 12.2. The number of nitrogens with one attached hydrogen (secondary N) is 1. The van der Waals surface area contributed by atoms with Crippen molar-refractivity contribution in [2.24, 2.45) is 0 Å². The number of ether oxygens (including phenoxy) is 2. The van der Waals surface area contributed by atoms with Crippen molar-refractivity contribution in [1.82, 2.24) is 24.8 Å². The van der Waals surface area contributed by atoms with E-state index in [4.69, 9.17) is 9.47 Å². The Bertz CT molecular complexity index is 1180. The van der Waals surface area contributed by atoms with Crippen LogP contribution in [0, 0.1) is 0 Å². The fraction of sp³-hybridized carbons (Fsp3) is 0.250. The minimum absolute atomic E-state index is 0.0230. The summed E-state index contributed by atoms with van der Waals surface area (Å²) in [5, 5.41) is 12.3. The second kappa shape index (κ2) is 7.91. The van der Waals surface area contributed by atoms with E-state index in [0.717, 1.165) is 0 Å². The Kier molecular flexibility index (Phi) is 5.15. The van der Waals surface area contributed by atoms with Crippen LogP contribution >= 0.6 is 0 Å². The van der Waals surface area contributed by atoms with Gasteiger partial charge in [0.15, 0.2) is 0 Å². The second-order valence-corrected chi connectivity index (χ2v) is 6.50. The van der Waals surface area contributed by atoms with Crippen molar-refractivity contribution >= 4 is 34.0 Å². The molecule has 0 fully saturated rings. The molecule has 0 saturated heterocycles. The van der Waals surface area contributed by atoms with Crippen LogP contribution in [0.1, 0.15) is 17.5 Å². The molecule has 154 valence electrons. The molecule has 0 atom stereocenters. The van der Waals surface area contributed by atoms with Crippen molar-refractivity contribution < 1.29 is 24.2 Å². The topological polar surface area (TPSA) is 128 Å². The van der Waals surface area contributed by atoms with Gasteiger partial charge in [-0.2, -0.15) is 4.98 Å². The monoisotopic (exact) mass is 409 g/mol. The number of hydrogen-bond donors (Lipinski definition) is 2. The highest BCUT2D eigenvalue weighted by atomic mass is 16.5. The molecular formula is C20H19N5O5. The molecule has 4 heterocycles. The van der Waals surface area contributed by atoms with Crippen LogP contribution in [0.4, 0.5) is 0 Å². The van der Waals surface area contributed by atoms with Crippen LogP contribution in [0.25, 0.3) is 22.2 Å². The predicted octanol–water partition coefficient (Wildman–Crippen LogP) is 0.793. The van der Waals surface area contributed by atoms with Gasteiger partial charge in [-0.25, -0.2) is 9.97 Å². The number of carbonyl (C=O) groups excluding carboxylic acids is 2. The number of nitrogens with zero attached hydrogens (tertiary/aromatic N) is 4. The number of amides is 2. The SMILES string of the molecule is COc1ncc(C2=C(c3cn(CCCO)c4ncccc34)C(=O)NC2=O)c(OC)n1. The Hall–Kier alpha value is -3.79. The Morgan fingerprint density at radius 1 is 1.10 bits per heavy atom. The van der Waals surface area contributed by atoms with Crippen molar-refractivity contribution in [1.29, 1.82) is 0 Å². The van der Waals surface area contributed by atoms with E-state index >= 15 is 0 Å². The minimum Gasteiger partial charge on any atom is -0.480 e. The molecule has 0 spiro atoms. The molecule has 1 aliphatic rings. The first-order valence-electron chi connectivity index (χ1n) is 9.19. The third kappa shape index (κ3) is 3.16. The highest BCUT2D eigenvalue weighted by Crippen LogP contribution is 2.38. The van der Waals surface area contributed by atoms with Crippen LogP contribution in [-0.4, -0.2) is 57.3 Å². The van der Waals surface area contributed by atoms with Gasteiger partial charge < -0.3 is 19.1 Å². The van der Waals surface area contributed by atoms with Gasteiger partial charge in [0, 0.05) is 42.7 Å². The number of aliphatic hydroxyl groups is 1. The molecule has 10 heteroatoms. The van der Waals surface area contributed by atoms with Gasteiger partial charge in [-0.3, -0.25) is 14.9 Å². The van der Waals surface area contributed by atoms with Gasteiger partial charge >= 0.3 is 6.01 Å². The van der Waals surface area contributed by atoms with E-state index < -0.39 is 11.8 Å². The number of aryl methyl sites for hydroxylation is 1. The summed E-state index contributed by atoms with van der Waals surface area (Å²) >= 11 is 0. The van der Waals surface area contributed by atoms with Gasteiger partial charge in [0.2, 0.25) is 5.88 Å². The number of methoxy groups -OCH3 is 2. The summed E-state index contributed by atoms with van der Waals surface area (Å²) in [5.41, 5.74) is 1.78. The van der Waals surface area contributed by atoms with Crippen LogP contribution in [0.3, 0.4) is 0 Å². The lowest BCUT2D eigenvalue weighted by Gasteiger charge is -2.09. The van der Waals surface area contributed by atoms with Crippen LogP contribution in [-0.2, 0) is 16.1 Å². The summed E-state index contributed by atoms with van der Waals surface area (Å²) in [7, 11) is 2.82. The Balaban J connectivity index is 1.97. The molecule has 30 heavy (non-hydrogen) atoms. The lowest BCUT2D eigenvalue weighted by molar-refractivity contribution is -0.122. The smallest absolute Gasteiger partial charge is 0.319 e. The fourth-order valence-electron chi connectivity index (χ4n) is 3.48. The summed E-state index contributed by atoms with van der Waals surface area (Å²) in [6, 6.07) is 3.66. The minimum atomic E-state index is -0.567. The maximum Gasteiger partial charge on any atom is 0.319 e. The van der Waals surface area contributed by atoms with E-state index in [2.05, 4.69) is 20.3 Å². The Labute approximate surface area is 171 Å². The number of aromatic nitrogens is 4. The standard InChI is InChI=1S/C20H19N5O5/c1-29-19-12(9-22-20(24-19)30-2)14-15(18(28)23-17(14)27)13-10-25(7-4-8-26)16-11(13)5-3-6-21-16/h3,5-6,9-10,26H,4,7-8H2,1-2H3,(H,23,27,28).